The van der Waals surface area contributed by atoms with E-state index in [2.05, 4.69) is 25.8 Å². The van der Waals surface area contributed by atoms with E-state index in [9.17, 15) is 5.11 Å². The van der Waals surface area contributed by atoms with Crippen molar-refractivity contribution in [2.75, 3.05) is 0 Å². The zero-order chi connectivity index (χ0) is 13.5. The number of rotatable bonds is 2. The first-order valence-electron chi connectivity index (χ1n) is 6.21. The number of aromatic nitrogens is 2. The van der Waals surface area contributed by atoms with Gasteiger partial charge in [-0.1, -0.05) is 45.4 Å². The molecule has 0 aliphatic rings. The second-order valence-electron chi connectivity index (χ2n) is 5.56. The molecular formula is C14H19ClN2O. The molecule has 0 saturated heterocycles. The highest BCUT2D eigenvalue weighted by molar-refractivity contribution is 6.29. The molecule has 0 spiro atoms. The van der Waals surface area contributed by atoms with E-state index < -0.39 is 6.10 Å². The molecule has 0 bridgehead atoms. The predicted molar refractivity (Wildman–Crippen MR) is 74.2 cm³/mol. The van der Waals surface area contributed by atoms with E-state index >= 15 is 0 Å². The Hall–Kier alpha value is -1.06. The van der Waals surface area contributed by atoms with Crippen LogP contribution < -0.4 is 0 Å². The number of fused-ring (bicyclic) bond motifs is 1. The Bertz CT molecular complexity index is 569. The van der Waals surface area contributed by atoms with E-state index in [-0.39, 0.29) is 5.41 Å². The van der Waals surface area contributed by atoms with Crippen LogP contribution in [0.1, 0.15) is 51.6 Å². The van der Waals surface area contributed by atoms with Crippen LogP contribution in [-0.2, 0) is 5.41 Å². The molecule has 0 aliphatic carbocycles. The Labute approximate surface area is 112 Å². The highest BCUT2D eigenvalue weighted by Crippen LogP contribution is 2.33. The summed E-state index contributed by atoms with van der Waals surface area (Å²) < 4.78 is 1.84. The van der Waals surface area contributed by atoms with Gasteiger partial charge in [-0.15, -0.1) is 0 Å². The molecular weight excluding hydrogens is 248 g/mol. The van der Waals surface area contributed by atoms with Crippen LogP contribution in [0.4, 0.5) is 0 Å². The SMILES string of the molecule is CCC(O)c1c(C(C)(C)C)nc2cccc(Cl)n12. The summed E-state index contributed by atoms with van der Waals surface area (Å²) in [5.41, 5.74) is 2.38. The largest absolute Gasteiger partial charge is 0.387 e. The maximum Gasteiger partial charge on any atom is 0.138 e. The van der Waals surface area contributed by atoms with Crippen molar-refractivity contribution in [2.45, 2.75) is 45.6 Å². The first-order chi connectivity index (χ1) is 8.36. The van der Waals surface area contributed by atoms with Crippen molar-refractivity contribution >= 4 is 17.2 Å². The molecule has 0 radical (unpaired) electrons. The van der Waals surface area contributed by atoms with E-state index in [1.165, 1.54) is 0 Å². The van der Waals surface area contributed by atoms with E-state index in [0.717, 1.165) is 17.0 Å². The highest BCUT2D eigenvalue weighted by Gasteiger charge is 2.27. The number of pyridine rings is 1. The van der Waals surface area contributed by atoms with Crippen LogP contribution in [0.25, 0.3) is 5.65 Å². The number of hydrogen-bond donors (Lipinski definition) is 1. The van der Waals surface area contributed by atoms with Crippen LogP contribution in [-0.4, -0.2) is 14.5 Å². The van der Waals surface area contributed by atoms with Gasteiger partial charge in [0.05, 0.1) is 17.5 Å². The summed E-state index contributed by atoms with van der Waals surface area (Å²) in [4.78, 5) is 4.63. The standard InChI is InChI=1S/C14H19ClN2O/c1-5-9(18)12-13(14(2,3)4)16-11-8-6-7-10(15)17(11)12/h6-9,18H,5H2,1-4H3. The minimum atomic E-state index is -0.547. The average molecular weight is 267 g/mol. The third kappa shape index (κ3) is 2.13. The Morgan fingerprint density at radius 2 is 2.06 bits per heavy atom. The monoisotopic (exact) mass is 266 g/mol. The van der Waals surface area contributed by atoms with Gasteiger partial charge in [-0.25, -0.2) is 4.98 Å². The number of imidazole rings is 1. The molecule has 1 N–H and O–H groups in total. The van der Waals surface area contributed by atoms with Crippen molar-refractivity contribution in [3.05, 3.63) is 34.7 Å². The van der Waals surface area contributed by atoms with Gasteiger partial charge < -0.3 is 5.11 Å². The Morgan fingerprint density at radius 1 is 1.39 bits per heavy atom. The molecule has 0 aliphatic heterocycles. The number of aliphatic hydroxyl groups is 1. The highest BCUT2D eigenvalue weighted by atomic mass is 35.5. The zero-order valence-electron chi connectivity index (χ0n) is 11.2. The lowest BCUT2D eigenvalue weighted by Crippen LogP contribution is -2.17. The van der Waals surface area contributed by atoms with E-state index in [1.54, 1.807) is 0 Å². The molecule has 1 atom stereocenters. The number of aliphatic hydroxyl groups excluding tert-OH is 1. The van der Waals surface area contributed by atoms with Crippen LogP contribution in [0, 0.1) is 0 Å². The number of nitrogens with zero attached hydrogens (tertiary/aromatic N) is 2. The zero-order valence-corrected chi connectivity index (χ0v) is 12.0. The maximum absolute atomic E-state index is 10.3. The van der Waals surface area contributed by atoms with Crippen molar-refractivity contribution in [1.82, 2.24) is 9.38 Å². The Morgan fingerprint density at radius 3 is 2.61 bits per heavy atom. The fourth-order valence-corrected chi connectivity index (χ4v) is 2.38. The van der Waals surface area contributed by atoms with Gasteiger partial charge in [-0.3, -0.25) is 4.40 Å². The van der Waals surface area contributed by atoms with Crippen molar-refractivity contribution < 1.29 is 5.11 Å². The normalized spacial score (nSPS) is 14.1. The van der Waals surface area contributed by atoms with Crippen LogP contribution in [0.15, 0.2) is 18.2 Å². The molecule has 2 aromatic rings. The number of hydrogen-bond acceptors (Lipinski definition) is 2. The van der Waals surface area contributed by atoms with E-state index in [4.69, 9.17) is 11.6 Å². The third-order valence-electron chi connectivity index (χ3n) is 3.04. The van der Waals surface area contributed by atoms with Crippen LogP contribution >= 0.6 is 11.6 Å². The molecule has 0 saturated carbocycles. The van der Waals surface area contributed by atoms with Gasteiger partial charge in [-0.05, 0) is 18.6 Å². The van der Waals surface area contributed by atoms with Crippen LogP contribution in [0.5, 0.6) is 0 Å². The average Bonchev–Trinajstić information content (AvgIpc) is 2.68. The second kappa shape index (κ2) is 4.56. The predicted octanol–water partition coefficient (Wildman–Crippen LogP) is 3.73. The van der Waals surface area contributed by atoms with E-state index in [0.29, 0.717) is 11.6 Å². The van der Waals surface area contributed by atoms with Crippen molar-refractivity contribution in [1.29, 1.82) is 0 Å². The molecule has 3 nitrogen and oxygen atoms in total. The molecule has 2 rings (SSSR count). The molecule has 4 heteroatoms. The second-order valence-corrected chi connectivity index (χ2v) is 5.95. The van der Waals surface area contributed by atoms with Crippen molar-refractivity contribution in [3.63, 3.8) is 0 Å². The van der Waals surface area contributed by atoms with Gasteiger partial charge in [0.1, 0.15) is 10.8 Å². The quantitative estimate of drug-likeness (QED) is 0.841. The Balaban J connectivity index is 2.83. The fraction of sp³-hybridized carbons (Fsp3) is 0.500. The fourth-order valence-electron chi connectivity index (χ4n) is 2.13. The summed E-state index contributed by atoms with van der Waals surface area (Å²) >= 11 is 6.24. The smallest absolute Gasteiger partial charge is 0.138 e. The molecule has 98 valence electrons. The molecule has 0 amide bonds. The first kappa shape index (κ1) is 13.4. The van der Waals surface area contributed by atoms with Gasteiger partial charge in [0.25, 0.3) is 0 Å². The first-order valence-corrected chi connectivity index (χ1v) is 6.59. The summed E-state index contributed by atoms with van der Waals surface area (Å²) in [5, 5.41) is 10.8. The molecule has 18 heavy (non-hydrogen) atoms. The summed E-state index contributed by atoms with van der Waals surface area (Å²) in [7, 11) is 0. The van der Waals surface area contributed by atoms with Gasteiger partial charge in [0.15, 0.2) is 0 Å². The lowest BCUT2D eigenvalue weighted by molar-refractivity contribution is 0.165. The topological polar surface area (TPSA) is 37.5 Å². The van der Waals surface area contributed by atoms with Crippen molar-refractivity contribution in [3.8, 4) is 0 Å². The van der Waals surface area contributed by atoms with Crippen molar-refractivity contribution in [2.24, 2.45) is 0 Å². The molecule has 1 unspecified atom stereocenters. The lowest BCUT2D eigenvalue weighted by Gasteiger charge is -2.20. The van der Waals surface area contributed by atoms with Crippen LogP contribution in [0.2, 0.25) is 5.15 Å². The summed E-state index contributed by atoms with van der Waals surface area (Å²) in [6, 6.07) is 5.60. The third-order valence-corrected chi connectivity index (χ3v) is 3.34. The molecule has 0 aromatic carbocycles. The minimum Gasteiger partial charge on any atom is -0.387 e. The molecule has 2 heterocycles. The summed E-state index contributed by atoms with van der Waals surface area (Å²) in [6.07, 6.45) is 0.0939. The van der Waals surface area contributed by atoms with Gasteiger partial charge >= 0.3 is 0 Å². The summed E-state index contributed by atoms with van der Waals surface area (Å²) in [6.45, 7) is 8.23. The molecule has 0 fully saturated rings. The van der Waals surface area contributed by atoms with Gasteiger partial charge in [-0.2, -0.15) is 0 Å². The Kier molecular flexibility index (Phi) is 3.39. The van der Waals surface area contributed by atoms with E-state index in [1.807, 2.05) is 29.5 Å². The minimum absolute atomic E-state index is 0.124. The molecule has 2 aromatic heterocycles. The lowest BCUT2D eigenvalue weighted by atomic mass is 9.89. The summed E-state index contributed by atoms with van der Waals surface area (Å²) in [5.74, 6) is 0. The van der Waals surface area contributed by atoms with Gasteiger partial charge in [0, 0.05) is 5.41 Å². The van der Waals surface area contributed by atoms with Crippen LogP contribution in [0.3, 0.4) is 0 Å². The number of halogens is 1. The maximum atomic E-state index is 10.3. The van der Waals surface area contributed by atoms with Gasteiger partial charge in [0.2, 0.25) is 0 Å².